The van der Waals surface area contributed by atoms with Gasteiger partial charge in [0.2, 0.25) is 0 Å². The van der Waals surface area contributed by atoms with Crippen LogP contribution in [0, 0.1) is 6.92 Å². The van der Waals surface area contributed by atoms with Crippen LogP contribution >= 0.6 is 0 Å². The molecule has 0 aliphatic heterocycles. The van der Waals surface area contributed by atoms with Crippen molar-refractivity contribution in [1.29, 1.82) is 0 Å². The summed E-state index contributed by atoms with van der Waals surface area (Å²) in [6.45, 7) is 1.90. The largest absolute Gasteiger partial charge is 0.481 e. The predicted octanol–water partition coefficient (Wildman–Crippen LogP) is 1.96. The maximum Gasteiger partial charge on any atom is 0.311 e. The maximum absolute atomic E-state index is 10.7. The van der Waals surface area contributed by atoms with Crippen LogP contribution in [0.2, 0.25) is 0 Å². The van der Waals surface area contributed by atoms with Crippen LogP contribution < -0.4 is 0 Å². The topological polar surface area (TPSA) is 91.8 Å². The summed E-state index contributed by atoms with van der Waals surface area (Å²) >= 11 is 0. The van der Waals surface area contributed by atoms with Gasteiger partial charge in [-0.15, -0.1) is 0 Å². The highest BCUT2D eigenvalue weighted by Gasteiger charge is 2.07. The van der Waals surface area contributed by atoms with Crippen molar-refractivity contribution < 1.29 is 9.90 Å². The Kier molecular flexibility index (Phi) is 2.90. The van der Waals surface area contributed by atoms with Crippen molar-refractivity contribution in [1.82, 2.24) is 19.9 Å². The average Bonchev–Trinajstić information content (AvgIpc) is 2.77. The molecule has 0 radical (unpaired) electrons. The third-order valence-electron chi connectivity index (χ3n) is 2.91. The predicted molar refractivity (Wildman–Crippen MR) is 73.2 cm³/mol. The number of aromatic amines is 1. The number of benzene rings is 1. The van der Waals surface area contributed by atoms with E-state index in [1.807, 2.05) is 25.1 Å². The molecule has 0 unspecified atom stereocenters. The number of fused-ring (bicyclic) bond motifs is 1. The molecule has 0 saturated carbocycles. The quantitative estimate of drug-likeness (QED) is 0.757. The monoisotopic (exact) mass is 268 g/mol. The minimum Gasteiger partial charge on any atom is -0.481 e. The number of nitrogens with one attached hydrogen (secondary N) is 1. The van der Waals surface area contributed by atoms with Gasteiger partial charge in [-0.25, -0.2) is 15.0 Å². The average molecular weight is 268 g/mol. The van der Waals surface area contributed by atoms with Crippen LogP contribution in [0.15, 0.2) is 30.5 Å². The summed E-state index contributed by atoms with van der Waals surface area (Å²) in [6.07, 6.45) is 1.39. The zero-order chi connectivity index (χ0) is 14.1. The summed E-state index contributed by atoms with van der Waals surface area (Å²) in [7, 11) is 0. The van der Waals surface area contributed by atoms with Gasteiger partial charge < -0.3 is 10.1 Å². The third kappa shape index (κ3) is 2.35. The number of H-pyrrole nitrogens is 1. The van der Waals surface area contributed by atoms with E-state index < -0.39 is 5.97 Å². The zero-order valence-electron chi connectivity index (χ0n) is 10.8. The highest BCUT2D eigenvalue weighted by atomic mass is 16.4. The number of aromatic nitrogens is 4. The lowest BCUT2D eigenvalue weighted by molar-refractivity contribution is -0.136. The number of carboxylic acids is 1. The summed E-state index contributed by atoms with van der Waals surface area (Å²) in [5.74, 6) is 0.212. The number of carbonyl (C=O) groups is 1. The number of nitrogens with zero attached hydrogens (tertiary/aromatic N) is 3. The summed E-state index contributed by atoms with van der Waals surface area (Å²) in [5.41, 5.74) is 3.42. The molecule has 20 heavy (non-hydrogen) atoms. The van der Waals surface area contributed by atoms with Gasteiger partial charge in [-0.2, -0.15) is 0 Å². The summed E-state index contributed by atoms with van der Waals surface area (Å²) in [5, 5.41) is 8.78. The summed E-state index contributed by atoms with van der Waals surface area (Å²) < 4.78 is 0. The fourth-order valence-electron chi connectivity index (χ4n) is 2.08. The standard InChI is InChI=1S/C14H12N4O2/c1-8-16-11-3-2-9(6-12(11)17-8)10-4-5-15-13(18-10)7-14(19)20/h2-6H,7H2,1H3,(H,16,17)(H,19,20). The van der Waals surface area contributed by atoms with E-state index in [-0.39, 0.29) is 6.42 Å². The van der Waals surface area contributed by atoms with Crippen molar-refractivity contribution in [3.8, 4) is 11.3 Å². The molecule has 6 nitrogen and oxygen atoms in total. The highest BCUT2D eigenvalue weighted by Crippen LogP contribution is 2.21. The van der Waals surface area contributed by atoms with E-state index in [0.717, 1.165) is 22.4 Å². The van der Waals surface area contributed by atoms with Gasteiger partial charge in [-0.1, -0.05) is 6.07 Å². The zero-order valence-corrected chi connectivity index (χ0v) is 10.8. The molecule has 3 rings (SSSR count). The van der Waals surface area contributed by atoms with E-state index >= 15 is 0 Å². The summed E-state index contributed by atoms with van der Waals surface area (Å²) in [4.78, 5) is 26.4. The van der Waals surface area contributed by atoms with Crippen molar-refractivity contribution in [3.05, 3.63) is 42.1 Å². The molecule has 2 N–H and O–H groups in total. The number of imidazole rings is 1. The van der Waals surface area contributed by atoms with E-state index in [2.05, 4.69) is 19.9 Å². The molecule has 0 aliphatic rings. The van der Waals surface area contributed by atoms with Crippen molar-refractivity contribution in [2.24, 2.45) is 0 Å². The first-order valence-corrected chi connectivity index (χ1v) is 6.12. The third-order valence-corrected chi connectivity index (χ3v) is 2.91. The van der Waals surface area contributed by atoms with Crippen LogP contribution in [0.25, 0.3) is 22.3 Å². The number of hydrogen-bond acceptors (Lipinski definition) is 4. The van der Waals surface area contributed by atoms with Crippen molar-refractivity contribution in [3.63, 3.8) is 0 Å². The molecule has 6 heteroatoms. The van der Waals surface area contributed by atoms with E-state index in [0.29, 0.717) is 11.5 Å². The second-order valence-electron chi connectivity index (χ2n) is 4.48. The van der Waals surface area contributed by atoms with Crippen LogP contribution in [-0.4, -0.2) is 31.0 Å². The molecule has 0 spiro atoms. The van der Waals surface area contributed by atoms with Gasteiger partial charge in [0.15, 0.2) is 0 Å². The minimum atomic E-state index is -0.943. The smallest absolute Gasteiger partial charge is 0.311 e. The Balaban J connectivity index is 2.03. The van der Waals surface area contributed by atoms with Gasteiger partial charge in [0.1, 0.15) is 18.1 Å². The molecule has 100 valence electrons. The van der Waals surface area contributed by atoms with Gasteiger partial charge in [-0.05, 0) is 25.1 Å². The summed E-state index contributed by atoms with van der Waals surface area (Å²) in [6, 6.07) is 7.53. The lowest BCUT2D eigenvalue weighted by Crippen LogP contribution is -2.05. The molecule has 2 heterocycles. The molecule has 0 aliphatic carbocycles. The van der Waals surface area contributed by atoms with Crippen LogP contribution in [0.3, 0.4) is 0 Å². The number of aryl methyl sites for hydroxylation is 1. The highest BCUT2D eigenvalue weighted by molar-refractivity contribution is 5.81. The lowest BCUT2D eigenvalue weighted by Gasteiger charge is -2.02. The van der Waals surface area contributed by atoms with Crippen molar-refractivity contribution in [2.75, 3.05) is 0 Å². The first-order chi connectivity index (χ1) is 9.61. The minimum absolute atomic E-state index is 0.181. The molecule has 0 bridgehead atoms. The molecule has 3 aromatic rings. The van der Waals surface area contributed by atoms with E-state index in [1.54, 1.807) is 12.3 Å². The normalized spacial score (nSPS) is 10.8. The van der Waals surface area contributed by atoms with Crippen LogP contribution in [-0.2, 0) is 11.2 Å². The molecule has 0 atom stereocenters. The first-order valence-electron chi connectivity index (χ1n) is 6.12. The Bertz CT molecular complexity index is 795. The van der Waals surface area contributed by atoms with Gasteiger partial charge in [0, 0.05) is 11.8 Å². The number of rotatable bonds is 3. The van der Waals surface area contributed by atoms with Crippen molar-refractivity contribution >= 4 is 17.0 Å². The number of hydrogen-bond donors (Lipinski definition) is 2. The van der Waals surface area contributed by atoms with Gasteiger partial charge in [0.05, 0.1) is 16.7 Å². The Hall–Kier alpha value is -2.76. The maximum atomic E-state index is 10.7. The molecule has 0 amide bonds. The Morgan fingerprint density at radius 2 is 2.15 bits per heavy atom. The van der Waals surface area contributed by atoms with Crippen LogP contribution in [0.4, 0.5) is 0 Å². The van der Waals surface area contributed by atoms with E-state index in [9.17, 15) is 4.79 Å². The molecular weight excluding hydrogens is 256 g/mol. The molecule has 0 saturated heterocycles. The molecular formula is C14H12N4O2. The Morgan fingerprint density at radius 3 is 2.95 bits per heavy atom. The molecule has 0 fully saturated rings. The van der Waals surface area contributed by atoms with E-state index in [4.69, 9.17) is 5.11 Å². The Morgan fingerprint density at radius 1 is 1.30 bits per heavy atom. The number of aliphatic carboxylic acids is 1. The first kappa shape index (κ1) is 12.3. The van der Waals surface area contributed by atoms with Crippen LogP contribution in [0.5, 0.6) is 0 Å². The van der Waals surface area contributed by atoms with Gasteiger partial charge in [0.25, 0.3) is 0 Å². The van der Waals surface area contributed by atoms with Crippen LogP contribution in [0.1, 0.15) is 11.6 Å². The van der Waals surface area contributed by atoms with Crippen molar-refractivity contribution in [2.45, 2.75) is 13.3 Å². The molecule has 2 aromatic heterocycles. The second kappa shape index (κ2) is 4.73. The molecule has 1 aromatic carbocycles. The number of carboxylic acid groups (broad SMARTS) is 1. The van der Waals surface area contributed by atoms with Gasteiger partial charge in [-0.3, -0.25) is 4.79 Å². The SMILES string of the molecule is Cc1nc2ccc(-c3ccnc(CC(=O)O)n3)cc2[nH]1. The second-order valence-corrected chi connectivity index (χ2v) is 4.48. The van der Waals surface area contributed by atoms with Gasteiger partial charge >= 0.3 is 5.97 Å². The Labute approximate surface area is 114 Å². The fraction of sp³-hybridized carbons (Fsp3) is 0.143. The fourth-order valence-corrected chi connectivity index (χ4v) is 2.08. The lowest BCUT2D eigenvalue weighted by atomic mass is 10.1. The van der Waals surface area contributed by atoms with E-state index in [1.165, 1.54) is 0 Å².